The lowest BCUT2D eigenvalue weighted by Gasteiger charge is -2.19. The fourth-order valence-corrected chi connectivity index (χ4v) is 2.36. The van der Waals surface area contributed by atoms with Crippen LogP contribution in [0.1, 0.15) is 24.9 Å². The summed E-state index contributed by atoms with van der Waals surface area (Å²) in [4.78, 5) is 12.3. The summed E-state index contributed by atoms with van der Waals surface area (Å²) in [5.41, 5.74) is 0.841. The maximum absolute atomic E-state index is 13.0. The van der Waals surface area contributed by atoms with E-state index in [1.807, 2.05) is 19.1 Å². The second-order valence-electron chi connectivity index (χ2n) is 5.04. The SMILES string of the molecule is CCC(NC(=O)C1Oc2ccccc2O1)c1ccc(F)cc1. The van der Waals surface area contributed by atoms with Crippen molar-refractivity contribution in [3.8, 4) is 11.5 Å². The van der Waals surface area contributed by atoms with Crippen molar-refractivity contribution < 1.29 is 18.7 Å². The second kappa shape index (κ2) is 6.05. The van der Waals surface area contributed by atoms with Gasteiger partial charge in [-0.15, -0.1) is 0 Å². The molecule has 0 bridgehead atoms. The lowest BCUT2D eigenvalue weighted by atomic mass is 10.0. The lowest BCUT2D eigenvalue weighted by molar-refractivity contribution is -0.137. The third kappa shape index (κ3) is 2.88. The van der Waals surface area contributed by atoms with E-state index in [1.54, 1.807) is 24.3 Å². The van der Waals surface area contributed by atoms with Gasteiger partial charge in [0.2, 0.25) is 0 Å². The maximum atomic E-state index is 13.0. The minimum Gasteiger partial charge on any atom is -0.442 e. The Hall–Kier alpha value is -2.56. The van der Waals surface area contributed by atoms with Crippen LogP contribution in [0.3, 0.4) is 0 Å². The molecule has 3 rings (SSSR count). The maximum Gasteiger partial charge on any atom is 0.321 e. The van der Waals surface area contributed by atoms with Crippen molar-refractivity contribution in [2.24, 2.45) is 0 Å². The molecule has 5 heteroatoms. The molecule has 1 heterocycles. The Kier molecular flexibility index (Phi) is 3.96. The summed E-state index contributed by atoms with van der Waals surface area (Å²) in [6.45, 7) is 1.94. The van der Waals surface area contributed by atoms with Gasteiger partial charge in [0.05, 0.1) is 6.04 Å². The molecular weight excluding hydrogens is 285 g/mol. The number of fused-ring (bicyclic) bond motifs is 1. The predicted molar refractivity (Wildman–Crippen MR) is 79.1 cm³/mol. The number of carbonyl (C=O) groups excluding carboxylic acids is 1. The molecule has 1 aliphatic heterocycles. The molecule has 1 N–H and O–H groups in total. The first kappa shape index (κ1) is 14.4. The van der Waals surface area contributed by atoms with Gasteiger partial charge in [0.15, 0.2) is 11.5 Å². The summed E-state index contributed by atoms with van der Waals surface area (Å²) < 4.78 is 23.9. The fraction of sp³-hybridized carbons (Fsp3) is 0.235. The van der Waals surface area contributed by atoms with Crippen LogP contribution < -0.4 is 14.8 Å². The zero-order valence-electron chi connectivity index (χ0n) is 12.1. The van der Waals surface area contributed by atoms with E-state index in [1.165, 1.54) is 12.1 Å². The van der Waals surface area contributed by atoms with Crippen LogP contribution in [0, 0.1) is 5.82 Å². The molecule has 0 spiro atoms. The highest BCUT2D eigenvalue weighted by atomic mass is 19.1. The molecule has 0 fully saturated rings. The van der Waals surface area contributed by atoms with Gasteiger partial charge >= 0.3 is 12.2 Å². The van der Waals surface area contributed by atoms with Crippen molar-refractivity contribution in [3.05, 3.63) is 59.9 Å². The average molecular weight is 301 g/mol. The Labute approximate surface area is 127 Å². The molecule has 0 radical (unpaired) electrons. The van der Waals surface area contributed by atoms with Gasteiger partial charge in [-0.1, -0.05) is 31.2 Å². The number of halogens is 1. The van der Waals surface area contributed by atoms with Gasteiger partial charge in [0.1, 0.15) is 5.82 Å². The molecule has 0 saturated heterocycles. The van der Waals surface area contributed by atoms with Crippen molar-refractivity contribution in [1.82, 2.24) is 5.32 Å². The van der Waals surface area contributed by atoms with E-state index in [9.17, 15) is 9.18 Å². The largest absolute Gasteiger partial charge is 0.442 e. The molecule has 0 aliphatic carbocycles. The molecule has 0 aromatic heterocycles. The van der Waals surface area contributed by atoms with Crippen LogP contribution in [0.2, 0.25) is 0 Å². The smallest absolute Gasteiger partial charge is 0.321 e. The van der Waals surface area contributed by atoms with Crippen LogP contribution in [0.25, 0.3) is 0 Å². The highest BCUT2D eigenvalue weighted by molar-refractivity contribution is 5.81. The van der Waals surface area contributed by atoms with E-state index in [4.69, 9.17) is 9.47 Å². The molecule has 4 nitrogen and oxygen atoms in total. The molecular formula is C17H16FNO3. The van der Waals surface area contributed by atoms with E-state index in [0.29, 0.717) is 17.9 Å². The fourth-order valence-electron chi connectivity index (χ4n) is 2.36. The first-order valence-electron chi connectivity index (χ1n) is 7.15. The van der Waals surface area contributed by atoms with Gasteiger partial charge in [-0.05, 0) is 36.2 Å². The number of nitrogens with one attached hydrogen (secondary N) is 1. The Morgan fingerprint density at radius 2 is 1.73 bits per heavy atom. The number of carbonyl (C=O) groups is 1. The number of benzene rings is 2. The average Bonchev–Trinajstić information content (AvgIpc) is 2.97. The first-order valence-corrected chi connectivity index (χ1v) is 7.15. The summed E-state index contributed by atoms with van der Waals surface area (Å²) in [5, 5.41) is 2.87. The Morgan fingerprint density at radius 1 is 1.14 bits per heavy atom. The first-order chi connectivity index (χ1) is 10.7. The van der Waals surface area contributed by atoms with Crippen LogP contribution >= 0.6 is 0 Å². The van der Waals surface area contributed by atoms with E-state index >= 15 is 0 Å². The van der Waals surface area contributed by atoms with Crippen LogP contribution in [-0.4, -0.2) is 12.2 Å². The van der Waals surface area contributed by atoms with E-state index in [2.05, 4.69) is 5.32 Å². The van der Waals surface area contributed by atoms with Gasteiger partial charge in [0, 0.05) is 0 Å². The summed E-state index contributed by atoms with van der Waals surface area (Å²) in [5.74, 6) is 0.449. The highest BCUT2D eigenvalue weighted by Gasteiger charge is 2.31. The van der Waals surface area contributed by atoms with E-state index < -0.39 is 6.29 Å². The number of rotatable bonds is 4. The lowest BCUT2D eigenvalue weighted by Crippen LogP contribution is -2.41. The Balaban J connectivity index is 1.67. The molecule has 1 atom stereocenters. The molecule has 114 valence electrons. The Bertz CT molecular complexity index is 647. The van der Waals surface area contributed by atoms with Crippen molar-refractivity contribution >= 4 is 5.91 Å². The quantitative estimate of drug-likeness (QED) is 0.943. The van der Waals surface area contributed by atoms with Crippen LogP contribution in [0.15, 0.2) is 48.5 Å². The minimum atomic E-state index is -0.994. The second-order valence-corrected chi connectivity index (χ2v) is 5.04. The summed E-state index contributed by atoms with van der Waals surface area (Å²) in [7, 11) is 0. The predicted octanol–water partition coefficient (Wildman–Crippen LogP) is 3.19. The van der Waals surface area contributed by atoms with Gasteiger partial charge in [-0.25, -0.2) is 4.39 Å². The normalized spacial score (nSPS) is 14.6. The van der Waals surface area contributed by atoms with Crippen molar-refractivity contribution in [3.63, 3.8) is 0 Å². The molecule has 1 aliphatic rings. The summed E-state index contributed by atoms with van der Waals surface area (Å²) in [6.07, 6.45) is -0.316. The minimum absolute atomic E-state index is 0.219. The van der Waals surface area contributed by atoms with Gasteiger partial charge < -0.3 is 14.8 Å². The molecule has 1 amide bonds. The number of amides is 1. The van der Waals surface area contributed by atoms with Crippen LogP contribution in [0.4, 0.5) is 4.39 Å². The van der Waals surface area contributed by atoms with Crippen molar-refractivity contribution in [2.45, 2.75) is 25.7 Å². The monoisotopic (exact) mass is 301 g/mol. The molecule has 1 unspecified atom stereocenters. The Morgan fingerprint density at radius 3 is 2.27 bits per heavy atom. The zero-order valence-corrected chi connectivity index (χ0v) is 12.1. The number of para-hydroxylation sites is 2. The molecule has 2 aromatic rings. The van der Waals surface area contributed by atoms with Crippen molar-refractivity contribution in [2.75, 3.05) is 0 Å². The molecule has 2 aromatic carbocycles. The van der Waals surface area contributed by atoms with Gasteiger partial charge in [-0.2, -0.15) is 0 Å². The van der Waals surface area contributed by atoms with Crippen LogP contribution in [0.5, 0.6) is 11.5 Å². The summed E-state index contributed by atoms with van der Waals surface area (Å²) >= 11 is 0. The summed E-state index contributed by atoms with van der Waals surface area (Å²) in [6, 6.07) is 13.0. The third-order valence-corrected chi connectivity index (χ3v) is 3.53. The number of hydrogen-bond donors (Lipinski definition) is 1. The molecule has 0 saturated carbocycles. The van der Waals surface area contributed by atoms with Gasteiger partial charge in [0.25, 0.3) is 0 Å². The topological polar surface area (TPSA) is 47.6 Å². The standard InChI is InChI=1S/C17H16FNO3/c1-2-13(11-7-9-12(18)10-8-11)19-16(20)17-21-14-5-3-4-6-15(14)22-17/h3-10,13,17H,2H2,1H3,(H,19,20). The zero-order chi connectivity index (χ0) is 15.5. The number of hydrogen-bond acceptors (Lipinski definition) is 3. The van der Waals surface area contributed by atoms with E-state index in [0.717, 1.165) is 5.56 Å². The highest BCUT2D eigenvalue weighted by Crippen LogP contribution is 2.34. The number of ether oxygens (including phenoxy) is 2. The van der Waals surface area contributed by atoms with E-state index in [-0.39, 0.29) is 17.8 Å². The molecule has 22 heavy (non-hydrogen) atoms. The third-order valence-electron chi connectivity index (χ3n) is 3.53. The van der Waals surface area contributed by atoms with Gasteiger partial charge in [-0.3, -0.25) is 4.79 Å². The van der Waals surface area contributed by atoms with Crippen molar-refractivity contribution in [1.29, 1.82) is 0 Å². The van der Waals surface area contributed by atoms with Crippen LogP contribution in [-0.2, 0) is 4.79 Å².